The molecular weight excluding hydrogens is 262 g/mol. The van der Waals surface area contributed by atoms with Gasteiger partial charge in [0.2, 0.25) is 0 Å². The van der Waals surface area contributed by atoms with Gasteiger partial charge in [-0.05, 0) is 27.3 Å². The second-order valence-electron chi connectivity index (χ2n) is 6.56. The Balaban J connectivity index is 1.69. The van der Waals surface area contributed by atoms with Gasteiger partial charge in [0.1, 0.15) is 0 Å². The van der Waals surface area contributed by atoms with Gasteiger partial charge in [0, 0.05) is 44.3 Å². The van der Waals surface area contributed by atoms with Gasteiger partial charge >= 0.3 is 0 Å². The fourth-order valence-corrected chi connectivity index (χ4v) is 4.62. The van der Waals surface area contributed by atoms with Gasteiger partial charge in [-0.15, -0.1) is 0 Å². The zero-order valence-corrected chi connectivity index (χ0v) is 13.2. The summed E-state index contributed by atoms with van der Waals surface area (Å²) < 4.78 is 22.7. The van der Waals surface area contributed by atoms with Crippen molar-refractivity contribution in [2.75, 3.05) is 51.3 Å². The van der Waals surface area contributed by atoms with E-state index in [1.54, 1.807) is 0 Å². The van der Waals surface area contributed by atoms with Crippen molar-refractivity contribution in [1.82, 2.24) is 15.1 Å². The number of nitrogens with zero attached hydrogens (tertiary/aromatic N) is 2. The van der Waals surface area contributed by atoms with Crippen LogP contribution in [0.2, 0.25) is 0 Å². The first-order chi connectivity index (χ1) is 8.78. The summed E-state index contributed by atoms with van der Waals surface area (Å²) in [4.78, 5) is 4.87. The van der Waals surface area contributed by atoms with Crippen molar-refractivity contribution in [3.63, 3.8) is 0 Å². The number of likely N-dealkylation sites (N-methyl/N-ethyl adjacent to an activating group) is 1. The van der Waals surface area contributed by atoms with Gasteiger partial charge in [0.25, 0.3) is 0 Å². The minimum absolute atomic E-state index is 0.172. The summed E-state index contributed by atoms with van der Waals surface area (Å²) >= 11 is 0. The third-order valence-electron chi connectivity index (χ3n) is 4.49. The molecule has 0 saturated carbocycles. The molecule has 112 valence electrons. The van der Waals surface area contributed by atoms with Crippen LogP contribution in [0.4, 0.5) is 0 Å². The van der Waals surface area contributed by atoms with E-state index in [9.17, 15) is 8.42 Å². The molecule has 2 aliphatic heterocycles. The largest absolute Gasteiger partial charge is 0.312 e. The molecule has 0 bridgehead atoms. The Morgan fingerprint density at radius 2 is 2.05 bits per heavy atom. The van der Waals surface area contributed by atoms with Crippen LogP contribution < -0.4 is 5.32 Å². The molecule has 2 aliphatic rings. The summed E-state index contributed by atoms with van der Waals surface area (Å²) in [5.74, 6) is 0.674. The van der Waals surface area contributed by atoms with Crippen LogP contribution in [-0.2, 0) is 9.84 Å². The van der Waals surface area contributed by atoms with E-state index in [4.69, 9.17) is 0 Å². The zero-order chi connectivity index (χ0) is 14.1. The lowest BCUT2D eigenvalue weighted by atomic mass is 10.00. The highest BCUT2D eigenvalue weighted by Gasteiger charge is 2.31. The maximum atomic E-state index is 11.4. The standard InChI is InChI=1S/C13H27N3O2S/c1-13(2)11-16(8-7-15(13)3)6-5-14-12-4-9-19(17,18)10-12/h12,14H,4-11H2,1-3H3. The molecular formula is C13H27N3O2S. The first-order valence-electron chi connectivity index (χ1n) is 7.16. The number of rotatable bonds is 4. The number of hydrogen-bond acceptors (Lipinski definition) is 5. The lowest BCUT2D eigenvalue weighted by Crippen LogP contribution is -2.58. The maximum absolute atomic E-state index is 11.4. The minimum Gasteiger partial charge on any atom is -0.312 e. The molecule has 6 heteroatoms. The highest BCUT2D eigenvalue weighted by atomic mass is 32.2. The molecule has 2 fully saturated rings. The molecule has 0 aromatic rings. The lowest BCUT2D eigenvalue weighted by molar-refractivity contribution is 0.0405. The Bertz CT molecular complexity index is 408. The molecule has 2 rings (SSSR count). The molecule has 1 atom stereocenters. The van der Waals surface area contributed by atoms with Gasteiger partial charge in [-0.1, -0.05) is 0 Å². The van der Waals surface area contributed by atoms with Gasteiger partial charge in [-0.25, -0.2) is 8.42 Å². The maximum Gasteiger partial charge on any atom is 0.151 e. The monoisotopic (exact) mass is 289 g/mol. The molecule has 0 radical (unpaired) electrons. The molecule has 1 unspecified atom stereocenters. The van der Waals surface area contributed by atoms with Crippen LogP contribution in [0.5, 0.6) is 0 Å². The molecule has 0 aliphatic carbocycles. The Hall–Kier alpha value is -0.170. The van der Waals surface area contributed by atoms with Crippen molar-refractivity contribution in [3.8, 4) is 0 Å². The van der Waals surface area contributed by atoms with Crippen molar-refractivity contribution < 1.29 is 8.42 Å². The lowest BCUT2D eigenvalue weighted by Gasteiger charge is -2.45. The molecule has 1 N–H and O–H groups in total. The quantitative estimate of drug-likeness (QED) is 0.776. The number of hydrogen-bond donors (Lipinski definition) is 1. The van der Waals surface area contributed by atoms with E-state index in [1.165, 1.54) is 0 Å². The highest BCUT2D eigenvalue weighted by molar-refractivity contribution is 7.91. The van der Waals surface area contributed by atoms with Crippen molar-refractivity contribution in [3.05, 3.63) is 0 Å². The van der Waals surface area contributed by atoms with E-state index in [-0.39, 0.29) is 11.6 Å². The molecule has 19 heavy (non-hydrogen) atoms. The van der Waals surface area contributed by atoms with Crippen LogP contribution in [0.15, 0.2) is 0 Å². The Morgan fingerprint density at radius 1 is 1.32 bits per heavy atom. The number of piperazine rings is 1. The van der Waals surface area contributed by atoms with Gasteiger partial charge in [0.15, 0.2) is 9.84 Å². The van der Waals surface area contributed by atoms with Gasteiger partial charge in [-0.3, -0.25) is 9.80 Å². The molecule has 0 spiro atoms. The molecule has 0 amide bonds. The molecule has 0 aromatic heterocycles. The van der Waals surface area contributed by atoms with Crippen molar-refractivity contribution in [2.45, 2.75) is 31.8 Å². The Labute approximate surface area is 117 Å². The van der Waals surface area contributed by atoms with E-state index >= 15 is 0 Å². The minimum atomic E-state index is -2.76. The number of sulfone groups is 1. The second-order valence-corrected chi connectivity index (χ2v) is 8.79. The topological polar surface area (TPSA) is 52.6 Å². The van der Waals surface area contributed by atoms with Gasteiger partial charge < -0.3 is 5.32 Å². The fraction of sp³-hybridized carbons (Fsp3) is 1.00. The summed E-state index contributed by atoms with van der Waals surface area (Å²) in [6, 6.07) is 0.172. The van der Waals surface area contributed by atoms with Crippen LogP contribution in [0, 0.1) is 0 Å². The van der Waals surface area contributed by atoms with E-state index in [1.807, 2.05) is 0 Å². The van der Waals surface area contributed by atoms with Crippen LogP contribution in [0.25, 0.3) is 0 Å². The van der Waals surface area contributed by atoms with Crippen molar-refractivity contribution in [2.24, 2.45) is 0 Å². The molecule has 5 nitrogen and oxygen atoms in total. The number of nitrogens with one attached hydrogen (secondary N) is 1. The average molecular weight is 289 g/mol. The first-order valence-corrected chi connectivity index (χ1v) is 8.98. The summed E-state index contributed by atoms with van der Waals surface area (Å²) in [5.41, 5.74) is 0.231. The van der Waals surface area contributed by atoms with E-state index in [2.05, 4.69) is 36.0 Å². The van der Waals surface area contributed by atoms with Crippen LogP contribution >= 0.6 is 0 Å². The predicted molar refractivity (Wildman–Crippen MR) is 78.2 cm³/mol. The molecule has 2 saturated heterocycles. The SMILES string of the molecule is CN1CCN(CCNC2CCS(=O)(=O)C2)CC1(C)C. The smallest absolute Gasteiger partial charge is 0.151 e. The van der Waals surface area contributed by atoms with E-state index in [0.717, 1.165) is 39.1 Å². The Morgan fingerprint density at radius 3 is 2.63 bits per heavy atom. The third-order valence-corrected chi connectivity index (χ3v) is 6.26. The Kier molecular flexibility index (Phi) is 4.55. The summed E-state index contributed by atoms with van der Waals surface area (Å²) in [5, 5.41) is 3.39. The van der Waals surface area contributed by atoms with E-state index in [0.29, 0.717) is 11.5 Å². The fourth-order valence-electron chi connectivity index (χ4n) is 2.91. The van der Waals surface area contributed by atoms with Gasteiger partial charge in [0.05, 0.1) is 11.5 Å². The second kappa shape index (κ2) is 5.68. The van der Waals surface area contributed by atoms with Crippen LogP contribution in [0.3, 0.4) is 0 Å². The average Bonchev–Trinajstić information content (AvgIpc) is 2.63. The summed E-state index contributed by atoms with van der Waals surface area (Å²) in [6.07, 6.45) is 0.774. The van der Waals surface area contributed by atoms with E-state index < -0.39 is 9.84 Å². The normalized spacial score (nSPS) is 31.6. The van der Waals surface area contributed by atoms with Gasteiger partial charge in [-0.2, -0.15) is 0 Å². The third kappa shape index (κ3) is 4.15. The summed E-state index contributed by atoms with van der Waals surface area (Å²) in [6.45, 7) is 9.73. The predicted octanol–water partition coefficient (Wildman–Crippen LogP) is -0.211. The highest BCUT2D eigenvalue weighted by Crippen LogP contribution is 2.18. The van der Waals surface area contributed by atoms with Crippen LogP contribution in [-0.4, -0.2) is 81.1 Å². The zero-order valence-electron chi connectivity index (χ0n) is 12.4. The first kappa shape index (κ1) is 15.2. The molecule has 0 aromatic carbocycles. The summed E-state index contributed by atoms with van der Waals surface area (Å²) in [7, 11) is -0.580. The molecule has 2 heterocycles. The van der Waals surface area contributed by atoms with Crippen molar-refractivity contribution in [1.29, 1.82) is 0 Å². The van der Waals surface area contributed by atoms with Crippen LogP contribution in [0.1, 0.15) is 20.3 Å². The van der Waals surface area contributed by atoms with Crippen molar-refractivity contribution >= 4 is 9.84 Å².